The summed E-state index contributed by atoms with van der Waals surface area (Å²) in [5, 5.41) is 0.402. The number of fused-ring (bicyclic) bond motifs is 1. The van der Waals surface area contributed by atoms with E-state index in [9.17, 15) is 9.59 Å². The Morgan fingerprint density at radius 2 is 1.57 bits per heavy atom. The van der Waals surface area contributed by atoms with E-state index in [4.69, 9.17) is 10.2 Å². The van der Waals surface area contributed by atoms with Crippen molar-refractivity contribution >= 4 is 11.1 Å². The molecule has 5 rings (SSSR count). The van der Waals surface area contributed by atoms with Crippen LogP contribution < -0.4 is 17.0 Å². The summed E-state index contributed by atoms with van der Waals surface area (Å²) >= 11 is 0. The van der Waals surface area contributed by atoms with Crippen LogP contribution in [-0.2, 0) is 19.6 Å². The number of hydrogen-bond acceptors (Lipinski definition) is 4. The minimum atomic E-state index is -0.419. The van der Waals surface area contributed by atoms with Gasteiger partial charge in [0.15, 0.2) is 0 Å². The summed E-state index contributed by atoms with van der Waals surface area (Å²) in [6.45, 7) is 0. The highest BCUT2D eigenvalue weighted by Gasteiger charge is 2.34. The van der Waals surface area contributed by atoms with Crippen molar-refractivity contribution in [1.29, 1.82) is 0 Å². The Morgan fingerprint density at radius 3 is 2.17 bits per heavy atom. The Morgan fingerprint density at radius 1 is 0.900 bits per heavy atom. The predicted molar refractivity (Wildman–Crippen MR) is 117 cm³/mol. The fourth-order valence-corrected chi connectivity index (χ4v) is 4.30. The van der Waals surface area contributed by atoms with Crippen LogP contribution >= 0.6 is 0 Å². The fraction of sp³-hybridized carbons (Fsp3) is 0.250. The fourth-order valence-electron chi connectivity index (χ4n) is 4.30. The lowest BCUT2D eigenvalue weighted by molar-refractivity contribution is 0.253. The summed E-state index contributed by atoms with van der Waals surface area (Å²) in [7, 11) is 3.10. The third-order valence-electron chi connectivity index (χ3n) is 6.32. The quantitative estimate of drug-likeness (QED) is 0.570. The molecule has 30 heavy (non-hydrogen) atoms. The number of aryl methyl sites for hydroxylation is 1. The summed E-state index contributed by atoms with van der Waals surface area (Å²) in [5.74, 6) is 0.570. The van der Waals surface area contributed by atoms with Gasteiger partial charge in [-0.15, -0.1) is 0 Å². The molecule has 0 saturated heterocycles. The second-order valence-corrected chi connectivity index (χ2v) is 8.15. The lowest BCUT2D eigenvalue weighted by Crippen LogP contribution is -2.43. The van der Waals surface area contributed by atoms with Gasteiger partial charge in [-0.3, -0.25) is 13.9 Å². The van der Waals surface area contributed by atoms with Gasteiger partial charge in [-0.05, 0) is 30.4 Å². The first-order chi connectivity index (χ1) is 14.4. The van der Waals surface area contributed by atoms with E-state index in [1.807, 2.05) is 54.6 Å². The zero-order valence-corrected chi connectivity index (χ0v) is 17.0. The van der Waals surface area contributed by atoms with Gasteiger partial charge in [-0.1, -0.05) is 54.6 Å². The average Bonchev–Trinajstić information content (AvgIpc) is 3.16. The van der Waals surface area contributed by atoms with Gasteiger partial charge < -0.3 is 10.2 Å². The number of benzene rings is 2. The molecule has 0 unspecified atom stereocenters. The van der Waals surface area contributed by atoms with Crippen LogP contribution in [-0.4, -0.2) is 9.13 Å². The van der Waals surface area contributed by atoms with E-state index < -0.39 is 5.69 Å². The number of furan rings is 1. The van der Waals surface area contributed by atoms with Gasteiger partial charge in [0.1, 0.15) is 11.1 Å². The second kappa shape index (κ2) is 6.57. The number of nitrogens with zero attached hydrogens (tertiary/aromatic N) is 2. The number of rotatable bonds is 3. The first kappa shape index (κ1) is 18.6. The maximum absolute atomic E-state index is 13.0. The Balaban J connectivity index is 1.80. The van der Waals surface area contributed by atoms with Crippen LogP contribution in [0.1, 0.15) is 24.8 Å². The number of aromatic nitrogens is 2. The molecule has 0 atom stereocenters. The highest BCUT2D eigenvalue weighted by atomic mass is 16.3. The van der Waals surface area contributed by atoms with Crippen molar-refractivity contribution in [2.24, 2.45) is 19.8 Å². The van der Waals surface area contributed by atoms with E-state index in [1.165, 1.54) is 11.6 Å². The molecule has 1 fully saturated rings. The lowest BCUT2D eigenvalue weighted by Gasteiger charge is -2.38. The average molecular weight is 401 g/mol. The third kappa shape index (κ3) is 2.60. The largest absolute Gasteiger partial charge is 0.438 e. The standard InChI is InChI=1S/C24H23N3O3/c1-26-21(28)19-18(15-7-4-3-5-8-15)20(30-22(19)27(2)23(26)29)16-9-11-17(12-10-16)24(25)13-6-14-24/h3-5,7-12H,6,13-14,25H2,1-2H3. The van der Waals surface area contributed by atoms with Crippen LogP contribution in [0.25, 0.3) is 33.6 Å². The summed E-state index contributed by atoms with van der Waals surface area (Å²) in [6.07, 6.45) is 3.13. The van der Waals surface area contributed by atoms with Crippen LogP contribution in [0.5, 0.6) is 0 Å². The van der Waals surface area contributed by atoms with Crippen LogP contribution in [0.4, 0.5) is 0 Å². The zero-order valence-electron chi connectivity index (χ0n) is 17.0. The Hall–Kier alpha value is -3.38. The minimum absolute atomic E-state index is 0.242. The molecule has 0 spiro atoms. The highest BCUT2D eigenvalue weighted by Crippen LogP contribution is 2.42. The Bertz CT molecular complexity index is 1370. The predicted octanol–water partition coefficient (Wildman–Crippen LogP) is 3.50. The zero-order chi connectivity index (χ0) is 21.0. The summed E-state index contributed by atoms with van der Waals surface area (Å²) in [6, 6.07) is 17.7. The molecule has 4 aromatic rings. The molecule has 2 aromatic carbocycles. The Kier molecular flexibility index (Phi) is 4.08. The summed E-state index contributed by atoms with van der Waals surface area (Å²) < 4.78 is 8.67. The number of nitrogens with two attached hydrogens (primary N) is 1. The smallest absolute Gasteiger partial charge is 0.333 e. The number of hydrogen-bond donors (Lipinski definition) is 1. The van der Waals surface area contributed by atoms with Crippen molar-refractivity contribution in [3.05, 3.63) is 81.0 Å². The molecule has 1 saturated carbocycles. The first-order valence-electron chi connectivity index (χ1n) is 10.1. The van der Waals surface area contributed by atoms with E-state index in [1.54, 1.807) is 7.05 Å². The van der Waals surface area contributed by atoms with Crippen molar-refractivity contribution in [3.63, 3.8) is 0 Å². The molecular weight excluding hydrogens is 378 g/mol. The molecule has 0 bridgehead atoms. The summed E-state index contributed by atoms with van der Waals surface area (Å²) in [5.41, 5.74) is 9.21. The molecule has 0 amide bonds. The van der Waals surface area contributed by atoms with Crippen LogP contribution in [0, 0.1) is 0 Å². The topological polar surface area (TPSA) is 83.2 Å². The van der Waals surface area contributed by atoms with E-state index >= 15 is 0 Å². The highest BCUT2D eigenvalue weighted by molar-refractivity contribution is 6.00. The molecule has 1 aliphatic rings. The van der Waals surface area contributed by atoms with Crippen molar-refractivity contribution in [3.8, 4) is 22.5 Å². The van der Waals surface area contributed by atoms with Gasteiger partial charge in [0.05, 0.1) is 0 Å². The van der Waals surface area contributed by atoms with E-state index in [-0.39, 0.29) is 16.8 Å². The minimum Gasteiger partial charge on any atom is -0.438 e. The maximum Gasteiger partial charge on any atom is 0.333 e. The van der Waals surface area contributed by atoms with Gasteiger partial charge in [0.25, 0.3) is 5.56 Å². The molecule has 2 aromatic heterocycles. The van der Waals surface area contributed by atoms with Crippen molar-refractivity contribution in [2.45, 2.75) is 24.8 Å². The molecule has 152 valence electrons. The van der Waals surface area contributed by atoms with Crippen LogP contribution in [0.2, 0.25) is 0 Å². The molecule has 6 nitrogen and oxygen atoms in total. The molecule has 2 heterocycles. The monoisotopic (exact) mass is 401 g/mol. The Labute approximate surface area is 173 Å². The second-order valence-electron chi connectivity index (χ2n) is 8.15. The molecule has 6 heteroatoms. The van der Waals surface area contributed by atoms with Gasteiger partial charge >= 0.3 is 5.69 Å². The third-order valence-corrected chi connectivity index (χ3v) is 6.32. The van der Waals surface area contributed by atoms with Gasteiger partial charge in [-0.25, -0.2) is 4.79 Å². The van der Waals surface area contributed by atoms with Crippen LogP contribution in [0.15, 0.2) is 68.6 Å². The van der Waals surface area contributed by atoms with Crippen molar-refractivity contribution in [1.82, 2.24) is 9.13 Å². The van der Waals surface area contributed by atoms with Gasteiger partial charge in [0, 0.05) is 30.8 Å². The molecule has 0 radical (unpaired) electrons. The normalized spacial score (nSPS) is 15.3. The van der Waals surface area contributed by atoms with Gasteiger partial charge in [0.2, 0.25) is 5.71 Å². The molecule has 2 N–H and O–H groups in total. The summed E-state index contributed by atoms with van der Waals surface area (Å²) in [4.78, 5) is 25.5. The van der Waals surface area contributed by atoms with E-state index in [0.717, 1.165) is 40.5 Å². The first-order valence-corrected chi connectivity index (χ1v) is 10.1. The van der Waals surface area contributed by atoms with E-state index in [2.05, 4.69) is 0 Å². The molecular formula is C24H23N3O3. The molecule has 1 aliphatic carbocycles. The SMILES string of the molecule is Cn1c(=O)c2c(-c3ccccc3)c(-c3ccc(C4(N)CCC4)cc3)oc2n(C)c1=O. The van der Waals surface area contributed by atoms with E-state index in [0.29, 0.717) is 16.7 Å². The lowest BCUT2D eigenvalue weighted by atomic mass is 9.72. The van der Waals surface area contributed by atoms with Crippen molar-refractivity contribution in [2.75, 3.05) is 0 Å². The molecule has 0 aliphatic heterocycles. The van der Waals surface area contributed by atoms with Gasteiger partial charge in [-0.2, -0.15) is 0 Å². The van der Waals surface area contributed by atoms with Crippen LogP contribution in [0.3, 0.4) is 0 Å². The van der Waals surface area contributed by atoms with Crippen molar-refractivity contribution < 1.29 is 4.42 Å². The maximum atomic E-state index is 13.0.